The van der Waals surface area contributed by atoms with Crippen LogP contribution in [0.15, 0.2) is 59.5 Å². The van der Waals surface area contributed by atoms with Gasteiger partial charge in [-0.3, -0.25) is 4.79 Å². The molecule has 0 amide bonds. The summed E-state index contributed by atoms with van der Waals surface area (Å²) in [5.41, 5.74) is 1.11. The van der Waals surface area contributed by atoms with Crippen molar-refractivity contribution in [3.63, 3.8) is 0 Å². The summed E-state index contributed by atoms with van der Waals surface area (Å²) < 4.78 is 64.1. The van der Waals surface area contributed by atoms with E-state index >= 15 is 0 Å². The standard InChI is InChI=1S/C20H17F3NO3PS/c1-12-17(19(25)20(21,22)23)11-18(24(12)14-5-7-15(28)8-6-14)13-3-9-16(10-4-13)29(2,26)27/h3-11H,28H2,1-2H3. The third-order valence-electron chi connectivity index (χ3n) is 4.48. The topological polar surface area (TPSA) is 56.1 Å². The van der Waals surface area contributed by atoms with Crippen molar-refractivity contribution in [2.45, 2.75) is 18.0 Å². The predicted octanol–water partition coefficient (Wildman–Crippen LogP) is 4.10. The Kier molecular flexibility index (Phi) is 5.45. The first-order valence-electron chi connectivity index (χ1n) is 8.40. The zero-order valence-electron chi connectivity index (χ0n) is 15.5. The fraction of sp³-hybridized carbons (Fsp3) is 0.150. The average Bonchev–Trinajstić information content (AvgIpc) is 2.97. The number of Topliss-reactive ketones (excluding diaryl/α,β-unsaturated/α-hetero) is 1. The molecule has 1 atom stereocenters. The third-order valence-corrected chi connectivity index (χ3v) is 5.99. The number of hydrogen-bond donors (Lipinski definition) is 0. The van der Waals surface area contributed by atoms with Crippen molar-refractivity contribution in [1.29, 1.82) is 0 Å². The molecule has 29 heavy (non-hydrogen) atoms. The average molecular weight is 439 g/mol. The van der Waals surface area contributed by atoms with E-state index in [-0.39, 0.29) is 10.6 Å². The molecule has 1 heterocycles. The summed E-state index contributed by atoms with van der Waals surface area (Å²) in [5, 5.41) is 0.893. The van der Waals surface area contributed by atoms with E-state index in [4.69, 9.17) is 0 Å². The van der Waals surface area contributed by atoms with Crippen LogP contribution in [-0.2, 0) is 9.84 Å². The first-order valence-corrected chi connectivity index (χ1v) is 10.9. The van der Waals surface area contributed by atoms with Gasteiger partial charge in [0.2, 0.25) is 0 Å². The van der Waals surface area contributed by atoms with Gasteiger partial charge in [-0.25, -0.2) is 8.42 Å². The minimum atomic E-state index is -5.00. The van der Waals surface area contributed by atoms with Crippen molar-refractivity contribution in [2.75, 3.05) is 6.26 Å². The Morgan fingerprint density at radius 2 is 1.55 bits per heavy atom. The number of alkyl halides is 3. The molecule has 1 unspecified atom stereocenters. The van der Waals surface area contributed by atoms with E-state index in [1.54, 1.807) is 28.8 Å². The molecule has 0 aliphatic rings. The molecule has 0 aliphatic carbocycles. The molecule has 4 nitrogen and oxygen atoms in total. The van der Waals surface area contributed by atoms with Gasteiger partial charge in [0, 0.05) is 23.2 Å². The van der Waals surface area contributed by atoms with Gasteiger partial charge < -0.3 is 4.57 Å². The molecule has 0 saturated heterocycles. The molecule has 1 aromatic heterocycles. The van der Waals surface area contributed by atoms with Gasteiger partial charge in [0.25, 0.3) is 5.78 Å². The van der Waals surface area contributed by atoms with Gasteiger partial charge in [-0.2, -0.15) is 13.2 Å². The molecule has 0 bridgehead atoms. The van der Waals surface area contributed by atoms with E-state index in [1.165, 1.54) is 37.3 Å². The number of carbonyl (C=O) groups is 1. The minimum absolute atomic E-state index is 0.0926. The summed E-state index contributed by atoms with van der Waals surface area (Å²) in [6, 6.07) is 14.0. The number of sulfone groups is 1. The smallest absolute Gasteiger partial charge is 0.313 e. The van der Waals surface area contributed by atoms with Crippen LogP contribution in [0.3, 0.4) is 0 Å². The molecule has 0 spiro atoms. The number of rotatable bonds is 4. The second-order valence-electron chi connectivity index (χ2n) is 6.58. The molecule has 0 fully saturated rings. The summed E-state index contributed by atoms with van der Waals surface area (Å²) in [6.07, 6.45) is -3.93. The molecular formula is C20H17F3NO3PS. The Labute approximate surface area is 168 Å². The van der Waals surface area contributed by atoms with Gasteiger partial charge in [-0.15, -0.1) is 9.24 Å². The fourth-order valence-corrected chi connectivity index (χ4v) is 3.85. The number of carbonyl (C=O) groups excluding carboxylic acids is 1. The molecular weight excluding hydrogens is 422 g/mol. The molecule has 0 saturated carbocycles. The molecule has 3 aromatic rings. The van der Waals surface area contributed by atoms with Gasteiger partial charge in [-0.05, 0) is 48.1 Å². The molecule has 2 aromatic carbocycles. The van der Waals surface area contributed by atoms with Crippen LogP contribution in [0.25, 0.3) is 16.9 Å². The normalized spacial score (nSPS) is 12.2. The van der Waals surface area contributed by atoms with Crippen LogP contribution in [-0.4, -0.2) is 31.2 Å². The number of nitrogens with zero attached hydrogens (tertiary/aromatic N) is 1. The van der Waals surface area contributed by atoms with Crippen molar-refractivity contribution in [3.05, 3.63) is 65.9 Å². The summed E-state index contributed by atoms with van der Waals surface area (Å²) in [5.74, 6) is -1.93. The van der Waals surface area contributed by atoms with Crippen molar-refractivity contribution >= 4 is 30.2 Å². The van der Waals surface area contributed by atoms with E-state index in [0.29, 0.717) is 16.9 Å². The zero-order valence-corrected chi connectivity index (χ0v) is 17.5. The number of benzene rings is 2. The lowest BCUT2D eigenvalue weighted by molar-refractivity contribution is -0.0885. The van der Waals surface area contributed by atoms with Crippen LogP contribution >= 0.6 is 9.24 Å². The highest BCUT2D eigenvalue weighted by Gasteiger charge is 2.41. The van der Waals surface area contributed by atoms with Crippen molar-refractivity contribution < 1.29 is 26.4 Å². The van der Waals surface area contributed by atoms with Crippen molar-refractivity contribution in [3.8, 4) is 16.9 Å². The lowest BCUT2D eigenvalue weighted by atomic mass is 10.1. The molecule has 0 N–H and O–H groups in total. The Balaban J connectivity index is 2.24. The fourth-order valence-electron chi connectivity index (χ4n) is 3.03. The highest BCUT2D eigenvalue weighted by Crippen LogP contribution is 2.33. The van der Waals surface area contributed by atoms with Crippen LogP contribution in [0, 0.1) is 6.92 Å². The van der Waals surface area contributed by atoms with E-state index in [1.807, 2.05) is 0 Å². The van der Waals surface area contributed by atoms with Gasteiger partial charge >= 0.3 is 6.18 Å². The van der Waals surface area contributed by atoms with Crippen LogP contribution < -0.4 is 5.30 Å². The van der Waals surface area contributed by atoms with Crippen LogP contribution in [0.5, 0.6) is 0 Å². The zero-order chi connectivity index (χ0) is 21.6. The van der Waals surface area contributed by atoms with E-state index < -0.39 is 27.4 Å². The molecule has 0 radical (unpaired) electrons. The van der Waals surface area contributed by atoms with Crippen LogP contribution in [0.2, 0.25) is 0 Å². The number of hydrogen-bond acceptors (Lipinski definition) is 3. The highest BCUT2D eigenvalue weighted by molar-refractivity contribution is 7.90. The summed E-state index contributed by atoms with van der Waals surface area (Å²) in [7, 11) is -0.898. The first-order chi connectivity index (χ1) is 13.4. The number of halogens is 3. The Bertz CT molecular complexity index is 1180. The Morgan fingerprint density at radius 3 is 2.03 bits per heavy atom. The third kappa shape index (κ3) is 4.28. The lowest BCUT2D eigenvalue weighted by Gasteiger charge is -2.13. The van der Waals surface area contributed by atoms with Gasteiger partial charge in [0.1, 0.15) is 0 Å². The maximum absolute atomic E-state index is 13.1. The van der Waals surface area contributed by atoms with E-state index in [2.05, 4.69) is 9.24 Å². The maximum Gasteiger partial charge on any atom is 0.454 e. The Hall–Kier alpha value is -2.44. The minimum Gasteiger partial charge on any atom is -0.313 e. The van der Waals surface area contributed by atoms with Gasteiger partial charge in [0.05, 0.1) is 10.6 Å². The predicted molar refractivity (Wildman–Crippen MR) is 109 cm³/mol. The van der Waals surface area contributed by atoms with E-state index in [0.717, 1.165) is 11.6 Å². The monoisotopic (exact) mass is 439 g/mol. The first kappa shape index (κ1) is 21.3. The largest absolute Gasteiger partial charge is 0.454 e. The second-order valence-corrected chi connectivity index (χ2v) is 9.26. The van der Waals surface area contributed by atoms with Crippen LogP contribution in [0.1, 0.15) is 16.1 Å². The number of ketones is 1. The molecule has 0 aliphatic heterocycles. The van der Waals surface area contributed by atoms with E-state index in [9.17, 15) is 26.4 Å². The molecule has 152 valence electrons. The highest BCUT2D eigenvalue weighted by atomic mass is 32.2. The maximum atomic E-state index is 13.1. The van der Waals surface area contributed by atoms with Crippen LogP contribution in [0.4, 0.5) is 13.2 Å². The second kappa shape index (κ2) is 7.43. The molecule has 9 heteroatoms. The van der Waals surface area contributed by atoms with Crippen molar-refractivity contribution in [2.24, 2.45) is 0 Å². The summed E-state index contributed by atoms with van der Waals surface area (Å²) >= 11 is 0. The number of aromatic nitrogens is 1. The quantitative estimate of drug-likeness (QED) is 0.454. The SMILES string of the molecule is Cc1c(C(=O)C(F)(F)F)cc(-c2ccc(S(C)(=O)=O)cc2)n1-c1ccc(P)cc1. The summed E-state index contributed by atoms with van der Waals surface area (Å²) in [4.78, 5) is 12.0. The van der Waals surface area contributed by atoms with Crippen molar-refractivity contribution in [1.82, 2.24) is 4.57 Å². The lowest BCUT2D eigenvalue weighted by Crippen LogP contribution is -2.23. The Morgan fingerprint density at radius 1 is 1.00 bits per heavy atom. The summed E-state index contributed by atoms with van der Waals surface area (Å²) in [6.45, 7) is 1.45. The van der Waals surface area contributed by atoms with Gasteiger partial charge in [0.15, 0.2) is 9.84 Å². The molecule has 3 rings (SSSR count). The van der Waals surface area contributed by atoms with Gasteiger partial charge in [-0.1, -0.05) is 24.3 Å².